The molecule has 24 nitrogen and oxygen atoms in total. The Morgan fingerprint density at radius 2 is 1.60 bits per heavy atom. The summed E-state index contributed by atoms with van der Waals surface area (Å²) in [6.07, 6.45) is 8.35. The van der Waals surface area contributed by atoms with Crippen molar-refractivity contribution >= 4 is 59.2 Å². The summed E-state index contributed by atoms with van der Waals surface area (Å²) in [5.41, 5.74) is 8.56. The summed E-state index contributed by atoms with van der Waals surface area (Å²) in [6, 6.07) is 3.45. The molecule has 0 bridgehead atoms. The van der Waals surface area contributed by atoms with Gasteiger partial charge in [0, 0.05) is 58.6 Å². The van der Waals surface area contributed by atoms with E-state index in [-0.39, 0.29) is 93.1 Å². The number of nitrogens with zero attached hydrogens (tertiary/aromatic N) is 1. The molecule has 80 heavy (non-hydrogen) atoms. The Kier molecular flexibility index (Phi) is 26.6. The van der Waals surface area contributed by atoms with E-state index >= 15 is 0 Å². The Balaban J connectivity index is 1.23. The third kappa shape index (κ3) is 23.1. The number of aliphatic hydroxyl groups excluding tert-OH is 1. The van der Waals surface area contributed by atoms with Crippen molar-refractivity contribution in [3.63, 3.8) is 0 Å². The lowest BCUT2D eigenvalue weighted by Crippen LogP contribution is -2.54. The predicted octanol–water partition coefficient (Wildman–Crippen LogP) is 3.37. The second kappa shape index (κ2) is 32.4. The van der Waals surface area contributed by atoms with Gasteiger partial charge in [-0.05, 0) is 94.9 Å². The van der Waals surface area contributed by atoms with E-state index < -0.39 is 77.9 Å². The van der Waals surface area contributed by atoms with E-state index in [0.717, 1.165) is 10.6 Å². The molecule has 4 rings (SSSR count). The molecule has 3 heterocycles. The first kappa shape index (κ1) is 65.6. The number of esters is 1. The Morgan fingerprint density at radius 3 is 2.25 bits per heavy atom. The van der Waals surface area contributed by atoms with Gasteiger partial charge in [-0.3, -0.25) is 38.6 Å². The number of allylic oxidation sites excluding steroid dienone is 2. The van der Waals surface area contributed by atoms with Crippen molar-refractivity contribution in [3.05, 3.63) is 65.8 Å². The van der Waals surface area contributed by atoms with Crippen molar-refractivity contribution in [1.82, 2.24) is 37.0 Å². The number of hydrogen-bond acceptors (Lipinski definition) is 15. The van der Waals surface area contributed by atoms with Gasteiger partial charge in [0.05, 0.1) is 37.4 Å². The summed E-state index contributed by atoms with van der Waals surface area (Å²) in [4.78, 5) is 112. The number of hydrogen-bond donors (Lipinski definition) is 9. The monoisotopic (exact) mass is 1120 g/mol. The molecule has 3 aliphatic rings. The minimum Gasteiger partial charge on any atom is -0.459 e. The van der Waals surface area contributed by atoms with Crippen LogP contribution in [0.1, 0.15) is 125 Å². The fourth-order valence-electron chi connectivity index (χ4n) is 9.19. The number of urea groups is 1. The summed E-state index contributed by atoms with van der Waals surface area (Å²) in [5, 5.41) is 28.7. The zero-order chi connectivity index (χ0) is 59.1. The van der Waals surface area contributed by atoms with Crippen LogP contribution in [0, 0.1) is 11.8 Å². The van der Waals surface area contributed by atoms with Crippen LogP contribution < -0.4 is 43.1 Å². The van der Waals surface area contributed by atoms with Crippen molar-refractivity contribution in [3.8, 4) is 0 Å². The van der Waals surface area contributed by atoms with Gasteiger partial charge in [-0.2, -0.15) is 0 Å². The molecule has 3 fully saturated rings. The number of amides is 9. The van der Waals surface area contributed by atoms with Crippen molar-refractivity contribution in [2.24, 2.45) is 17.6 Å². The van der Waals surface area contributed by atoms with Crippen molar-refractivity contribution < 1.29 is 71.9 Å². The van der Waals surface area contributed by atoms with E-state index in [9.17, 15) is 48.3 Å². The number of carbonyl (C=O) groups is 9. The van der Waals surface area contributed by atoms with Crippen LogP contribution >= 0.6 is 0 Å². The third-order valence-corrected chi connectivity index (χ3v) is 13.9. The smallest absolute Gasteiger partial charge is 0.426 e. The van der Waals surface area contributed by atoms with E-state index in [4.69, 9.17) is 29.4 Å². The number of aliphatic hydroxyl groups is 1. The Morgan fingerprint density at radius 1 is 0.900 bits per heavy atom. The molecule has 0 unspecified atom stereocenters. The highest BCUT2D eigenvalue weighted by molar-refractivity contribution is 5.98. The molecule has 0 saturated carbocycles. The van der Waals surface area contributed by atoms with E-state index in [1.165, 1.54) is 33.0 Å². The van der Waals surface area contributed by atoms with Gasteiger partial charge in [0.15, 0.2) is 0 Å². The molecule has 0 radical (unpaired) electrons. The molecule has 10 N–H and O–H groups in total. The molecule has 1 aromatic rings. The lowest BCUT2D eigenvalue weighted by Gasteiger charge is -2.39. The van der Waals surface area contributed by atoms with Gasteiger partial charge in [-0.25, -0.2) is 15.0 Å². The van der Waals surface area contributed by atoms with Gasteiger partial charge in [-0.1, -0.05) is 63.1 Å². The quantitative estimate of drug-likeness (QED) is 0.0145. The van der Waals surface area contributed by atoms with Gasteiger partial charge in [0.1, 0.15) is 42.6 Å². The largest absolute Gasteiger partial charge is 0.459 e. The molecular formula is C56H85N9O15. The minimum absolute atomic E-state index is 0.0986. The van der Waals surface area contributed by atoms with Gasteiger partial charge in [0.25, 0.3) is 0 Å². The average molecular weight is 1120 g/mol. The first-order valence-electron chi connectivity index (χ1n) is 27.5. The van der Waals surface area contributed by atoms with Crippen LogP contribution in [0.15, 0.2) is 60.2 Å². The highest BCUT2D eigenvalue weighted by Gasteiger charge is 2.58. The molecule has 3 aliphatic heterocycles. The van der Waals surface area contributed by atoms with Crippen molar-refractivity contribution in [2.45, 2.75) is 187 Å². The van der Waals surface area contributed by atoms with Crippen LogP contribution in [0.3, 0.4) is 0 Å². The number of nitrogens with two attached hydrogens (primary N) is 1. The Labute approximate surface area is 468 Å². The van der Waals surface area contributed by atoms with Crippen LogP contribution in [-0.4, -0.2) is 151 Å². The van der Waals surface area contributed by atoms with E-state index in [1.807, 2.05) is 26.0 Å². The maximum atomic E-state index is 13.6. The number of nitrogens with one attached hydrogen (secondary N) is 7. The number of epoxide rings is 1. The van der Waals surface area contributed by atoms with Gasteiger partial charge < -0.3 is 66.4 Å². The number of ether oxygens (including phenoxy) is 5. The summed E-state index contributed by atoms with van der Waals surface area (Å²) in [6.45, 7) is 14.6. The maximum Gasteiger partial charge on any atom is 0.426 e. The fourth-order valence-corrected chi connectivity index (χ4v) is 9.19. The Hall–Kier alpha value is -6.89. The van der Waals surface area contributed by atoms with Crippen LogP contribution in [0.5, 0.6) is 0 Å². The number of unbranched alkanes of at least 4 members (excludes halogenated alkanes) is 2. The third-order valence-electron chi connectivity index (χ3n) is 13.9. The molecule has 1 aromatic carbocycles. The number of anilines is 1. The van der Waals surface area contributed by atoms with E-state index in [0.29, 0.717) is 56.5 Å². The first-order valence-corrected chi connectivity index (χ1v) is 27.5. The summed E-state index contributed by atoms with van der Waals surface area (Å²) in [5.74, 6) is -2.96. The first-order chi connectivity index (χ1) is 37.8. The molecule has 3 saturated heterocycles. The SMILES string of the molecule is CC(=O)NCCCCCC(=O)N[C@H](C(=O)N[C@@H](CCCNC(N)=O)C(=O)Nc1ccc(COC(=O)NN(C)C(=O)C[C@@H]2C[C@@]3(CO3)[C@H](O)[C@@H](/C=C/C(C)=C/C[C@@H]3O[C@H](C)[C@H](NC(=O)/C=C\[C@H](C)OC(C)=O)C[C@@H]3C)O2)cc1)C(C)C. The molecule has 24 heteroatoms. The zero-order valence-corrected chi connectivity index (χ0v) is 47.6. The number of hydrazine groups is 1. The van der Waals surface area contributed by atoms with Gasteiger partial charge in [0.2, 0.25) is 35.4 Å². The lowest BCUT2D eigenvalue weighted by molar-refractivity contribution is -0.152. The van der Waals surface area contributed by atoms with Gasteiger partial charge >= 0.3 is 18.1 Å². The zero-order valence-electron chi connectivity index (χ0n) is 47.6. The van der Waals surface area contributed by atoms with Crippen LogP contribution in [0.25, 0.3) is 0 Å². The molecule has 11 atom stereocenters. The minimum atomic E-state index is -1.06. The number of rotatable bonds is 28. The number of benzene rings is 1. The van der Waals surface area contributed by atoms with Crippen molar-refractivity contribution in [2.75, 3.05) is 32.1 Å². The molecular weight excluding hydrogens is 1040 g/mol. The fraction of sp³-hybridized carbons (Fsp3) is 0.625. The van der Waals surface area contributed by atoms with Crippen LogP contribution in [-0.2, 0) is 63.9 Å². The highest BCUT2D eigenvalue weighted by Crippen LogP contribution is 2.43. The number of primary amides is 1. The molecule has 1 spiro atoms. The molecule has 9 amide bonds. The Bertz CT molecular complexity index is 2380. The average Bonchev–Trinajstić information content (AvgIpc) is 4.38. The van der Waals surface area contributed by atoms with E-state index in [2.05, 4.69) is 44.3 Å². The van der Waals surface area contributed by atoms with Crippen LogP contribution in [0.2, 0.25) is 0 Å². The normalized spacial score (nSPS) is 23.7. The van der Waals surface area contributed by atoms with E-state index in [1.54, 1.807) is 51.1 Å². The predicted molar refractivity (Wildman–Crippen MR) is 294 cm³/mol. The topological polar surface area (TPSA) is 337 Å². The standard InChI is InChI=1S/C56H85N9O15/c1-33(2)50(63-47(68)15-11-10-12-26-58-38(7)66)53(73)62-43(14-13-27-59-54(57)74)52(72)60-41-21-19-40(20-22-41)31-76-55(75)64-65(9)49(70)29-42-30-56(32-77-56)51(71)46(80-42)24-17-34(3)16-23-45-35(4)28-44(37(6)79-45)61-48(69)25-18-36(5)78-39(8)67/h16-22,24-25,33,35-37,42-46,50-51,71H,10-15,23,26-32H2,1-9H3,(H,58,66)(H,60,72)(H,61,69)(H,62,73)(H,63,68)(H,64,75)(H3,57,59,74)/b24-17+,25-18-,34-16+/t35-,36-,37+,42+,43-,44+,45-,46+,50-,51+,56+/m0/s1. The van der Waals surface area contributed by atoms with Crippen LogP contribution in [0.4, 0.5) is 15.3 Å². The molecule has 0 aliphatic carbocycles. The summed E-state index contributed by atoms with van der Waals surface area (Å²) >= 11 is 0. The number of carbonyl (C=O) groups excluding carboxylic acids is 9. The van der Waals surface area contributed by atoms with Crippen molar-refractivity contribution in [1.29, 1.82) is 0 Å². The summed E-state index contributed by atoms with van der Waals surface area (Å²) in [7, 11) is 1.38. The summed E-state index contributed by atoms with van der Waals surface area (Å²) < 4.78 is 28.6. The maximum absolute atomic E-state index is 13.6. The second-order valence-electron chi connectivity index (χ2n) is 21.3. The molecule has 0 aromatic heterocycles. The molecule has 444 valence electrons. The second-order valence-corrected chi connectivity index (χ2v) is 21.3. The van der Waals surface area contributed by atoms with Gasteiger partial charge in [-0.15, -0.1) is 0 Å². The lowest BCUT2D eigenvalue weighted by atomic mass is 9.87. The highest BCUT2D eigenvalue weighted by atomic mass is 16.6.